The summed E-state index contributed by atoms with van der Waals surface area (Å²) in [5.74, 6) is -0.395. The lowest BCUT2D eigenvalue weighted by molar-refractivity contribution is -0.134. The molecule has 0 aliphatic heterocycles. The minimum atomic E-state index is -0.395. The van der Waals surface area contributed by atoms with Gasteiger partial charge in [0.05, 0.1) is 12.8 Å². The molecule has 0 atom stereocenters. The highest BCUT2D eigenvalue weighted by Crippen LogP contribution is 1.87. The Kier molecular flexibility index (Phi) is 6.15. The van der Waals surface area contributed by atoms with Crippen LogP contribution >= 0.6 is 0 Å². The predicted molar refractivity (Wildman–Crippen MR) is 53.9 cm³/mol. The van der Waals surface area contributed by atoms with E-state index in [1.54, 1.807) is 31.4 Å². The zero-order valence-electron chi connectivity index (χ0n) is 7.86. The van der Waals surface area contributed by atoms with Gasteiger partial charge < -0.3 is 4.74 Å². The van der Waals surface area contributed by atoms with Gasteiger partial charge in [0.25, 0.3) is 0 Å². The highest BCUT2D eigenvalue weighted by Gasteiger charge is 1.91. The van der Waals surface area contributed by atoms with Crippen LogP contribution < -0.4 is 0 Å². The van der Waals surface area contributed by atoms with E-state index in [4.69, 9.17) is 0 Å². The lowest BCUT2D eigenvalue weighted by Gasteiger charge is -1.90. The fraction of sp³-hybridized carbons (Fsp3) is 0.200. The smallest absolute Gasteiger partial charge is 0.330 e. The molecular formula is C10H13NO2. The molecule has 0 amide bonds. The Morgan fingerprint density at radius 3 is 2.54 bits per heavy atom. The molecule has 0 radical (unpaired) electrons. The monoisotopic (exact) mass is 179 g/mol. The first-order chi connectivity index (χ1) is 6.24. The summed E-state index contributed by atoms with van der Waals surface area (Å²) in [7, 11) is 2.97. The molecule has 0 aromatic rings. The van der Waals surface area contributed by atoms with E-state index >= 15 is 0 Å². The molecule has 0 heterocycles. The van der Waals surface area contributed by atoms with Crippen molar-refractivity contribution in [3.8, 4) is 0 Å². The van der Waals surface area contributed by atoms with Crippen molar-refractivity contribution < 1.29 is 9.53 Å². The SMILES string of the molecule is C=C/C=C\C(/C=C/C(=O)OC)=NC. The average molecular weight is 179 g/mol. The van der Waals surface area contributed by atoms with Crippen LogP contribution in [0.1, 0.15) is 0 Å². The number of ether oxygens (including phenoxy) is 1. The number of hydrogen-bond donors (Lipinski definition) is 0. The van der Waals surface area contributed by atoms with Gasteiger partial charge in [0.1, 0.15) is 0 Å². The molecule has 13 heavy (non-hydrogen) atoms. The fourth-order valence-corrected chi connectivity index (χ4v) is 0.593. The molecule has 0 unspecified atom stereocenters. The van der Waals surface area contributed by atoms with Crippen LogP contribution in [0.5, 0.6) is 0 Å². The first kappa shape index (κ1) is 11.4. The van der Waals surface area contributed by atoms with Gasteiger partial charge in [-0.1, -0.05) is 18.7 Å². The third kappa shape index (κ3) is 5.61. The minimum Gasteiger partial charge on any atom is -0.466 e. The fourth-order valence-electron chi connectivity index (χ4n) is 0.593. The number of carbonyl (C=O) groups is 1. The van der Waals surface area contributed by atoms with Crippen molar-refractivity contribution in [3.05, 3.63) is 37.0 Å². The molecule has 70 valence electrons. The Hall–Kier alpha value is -1.64. The Bertz CT molecular complexity index is 262. The molecule has 0 N–H and O–H groups in total. The van der Waals surface area contributed by atoms with E-state index < -0.39 is 5.97 Å². The maximum atomic E-state index is 10.7. The van der Waals surface area contributed by atoms with Gasteiger partial charge in [0, 0.05) is 13.1 Å². The van der Waals surface area contributed by atoms with Crippen LogP contribution in [0.2, 0.25) is 0 Å². The van der Waals surface area contributed by atoms with Crippen molar-refractivity contribution in [1.29, 1.82) is 0 Å². The van der Waals surface area contributed by atoms with E-state index in [1.165, 1.54) is 13.2 Å². The Morgan fingerprint density at radius 2 is 2.08 bits per heavy atom. The standard InChI is InChI=1S/C10H13NO2/c1-4-5-6-9(11-2)7-8-10(12)13-3/h4-8H,1H2,2-3H3/b6-5-,8-7+,11-9?. The molecule has 0 saturated heterocycles. The van der Waals surface area contributed by atoms with E-state index in [0.29, 0.717) is 5.71 Å². The van der Waals surface area contributed by atoms with Crippen LogP contribution in [0.25, 0.3) is 0 Å². The van der Waals surface area contributed by atoms with Gasteiger partial charge in [-0.05, 0) is 12.2 Å². The molecule has 0 aromatic heterocycles. The largest absolute Gasteiger partial charge is 0.466 e. The number of aliphatic imine (C=N–C) groups is 1. The van der Waals surface area contributed by atoms with E-state index in [-0.39, 0.29) is 0 Å². The first-order valence-electron chi connectivity index (χ1n) is 3.76. The van der Waals surface area contributed by atoms with Crippen molar-refractivity contribution in [2.45, 2.75) is 0 Å². The summed E-state index contributed by atoms with van der Waals surface area (Å²) in [5.41, 5.74) is 0.685. The molecule has 0 bridgehead atoms. The number of esters is 1. The van der Waals surface area contributed by atoms with Crippen molar-refractivity contribution >= 4 is 11.7 Å². The second-order valence-electron chi connectivity index (χ2n) is 2.10. The van der Waals surface area contributed by atoms with Crippen molar-refractivity contribution in [2.75, 3.05) is 14.2 Å². The maximum absolute atomic E-state index is 10.7. The van der Waals surface area contributed by atoms with Crippen molar-refractivity contribution in [3.63, 3.8) is 0 Å². The Balaban J connectivity index is 4.30. The molecule has 0 aliphatic carbocycles. The molecule has 0 aromatic carbocycles. The summed E-state index contributed by atoms with van der Waals surface area (Å²) < 4.78 is 4.42. The topological polar surface area (TPSA) is 38.7 Å². The van der Waals surface area contributed by atoms with E-state index in [2.05, 4.69) is 16.3 Å². The van der Waals surface area contributed by atoms with Crippen LogP contribution in [0.3, 0.4) is 0 Å². The molecule has 0 spiro atoms. The number of nitrogens with zero attached hydrogens (tertiary/aromatic N) is 1. The second kappa shape index (κ2) is 7.03. The molecule has 3 nitrogen and oxygen atoms in total. The van der Waals surface area contributed by atoms with Crippen LogP contribution in [0, 0.1) is 0 Å². The normalized spacial score (nSPS) is 12.3. The van der Waals surface area contributed by atoms with Gasteiger partial charge in [0.2, 0.25) is 0 Å². The van der Waals surface area contributed by atoms with Gasteiger partial charge >= 0.3 is 5.97 Å². The predicted octanol–water partition coefficient (Wildman–Crippen LogP) is 1.53. The number of rotatable bonds is 4. The van der Waals surface area contributed by atoms with Gasteiger partial charge in [0.15, 0.2) is 0 Å². The maximum Gasteiger partial charge on any atom is 0.330 e. The van der Waals surface area contributed by atoms with Crippen molar-refractivity contribution in [1.82, 2.24) is 0 Å². The highest BCUT2D eigenvalue weighted by molar-refractivity contribution is 6.06. The summed E-state index contributed by atoms with van der Waals surface area (Å²) in [4.78, 5) is 14.6. The van der Waals surface area contributed by atoms with Crippen LogP contribution in [0.15, 0.2) is 42.0 Å². The molecule has 0 fully saturated rings. The second-order valence-corrected chi connectivity index (χ2v) is 2.10. The lowest BCUT2D eigenvalue weighted by Crippen LogP contribution is -1.96. The van der Waals surface area contributed by atoms with E-state index in [1.807, 2.05) is 0 Å². The van der Waals surface area contributed by atoms with Crippen LogP contribution in [-0.2, 0) is 9.53 Å². The summed E-state index contributed by atoms with van der Waals surface area (Å²) in [6.07, 6.45) is 8.01. The number of hydrogen-bond acceptors (Lipinski definition) is 3. The minimum absolute atomic E-state index is 0.395. The molecular weight excluding hydrogens is 166 g/mol. The average Bonchev–Trinajstić information content (AvgIpc) is 2.17. The van der Waals surface area contributed by atoms with Gasteiger partial charge in [-0.3, -0.25) is 4.99 Å². The third-order valence-electron chi connectivity index (χ3n) is 1.25. The molecule has 0 aliphatic rings. The first-order valence-corrected chi connectivity index (χ1v) is 3.76. The number of methoxy groups -OCH3 is 1. The summed E-state index contributed by atoms with van der Waals surface area (Å²) in [6, 6.07) is 0. The summed E-state index contributed by atoms with van der Waals surface area (Å²) in [5, 5.41) is 0. The van der Waals surface area contributed by atoms with Crippen LogP contribution in [-0.4, -0.2) is 25.8 Å². The summed E-state index contributed by atoms with van der Waals surface area (Å²) >= 11 is 0. The van der Waals surface area contributed by atoms with E-state index in [0.717, 1.165) is 0 Å². The quantitative estimate of drug-likeness (QED) is 0.284. The molecule has 0 saturated carbocycles. The zero-order chi connectivity index (χ0) is 10.1. The van der Waals surface area contributed by atoms with Gasteiger partial charge in [-0.25, -0.2) is 4.79 Å². The van der Waals surface area contributed by atoms with Gasteiger partial charge in [-0.2, -0.15) is 0 Å². The Labute approximate surface area is 78.1 Å². The number of allylic oxidation sites excluding steroid dienone is 4. The molecule has 0 rings (SSSR count). The summed E-state index contributed by atoms with van der Waals surface area (Å²) in [6.45, 7) is 3.52. The number of carbonyl (C=O) groups excluding carboxylic acids is 1. The Morgan fingerprint density at radius 1 is 1.38 bits per heavy atom. The third-order valence-corrected chi connectivity index (χ3v) is 1.25. The zero-order valence-corrected chi connectivity index (χ0v) is 7.86. The highest BCUT2D eigenvalue weighted by atomic mass is 16.5. The lowest BCUT2D eigenvalue weighted by atomic mass is 10.3. The van der Waals surface area contributed by atoms with Gasteiger partial charge in [-0.15, -0.1) is 0 Å². The molecule has 3 heteroatoms. The van der Waals surface area contributed by atoms with E-state index in [9.17, 15) is 4.79 Å². The van der Waals surface area contributed by atoms with Crippen LogP contribution in [0.4, 0.5) is 0 Å². The van der Waals surface area contributed by atoms with Crippen molar-refractivity contribution in [2.24, 2.45) is 4.99 Å².